The van der Waals surface area contributed by atoms with Crippen molar-refractivity contribution in [1.82, 2.24) is 10.2 Å². The van der Waals surface area contributed by atoms with Crippen molar-refractivity contribution in [2.45, 2.75) is 50.7 Å². The van der Waals surface area contributed by atoms with Gasteiger partial charge in [0.2, 0.25) is 11.8 Å². The van der Waals surface area contributed by atoms with Gasteiger partial charge in [0.15, 0.2) is 0 Å². The molecule has 0 bridgehead atoms. The molecule has 11 heteroatoms. The largest absolute Gasteiger partial charge is 0.352 e. The Labute approximate surface area is 244 Å². The molecule has 0 saturated carbocycles. The van der Waals surface area contributed by atoms with Gasteiger partial charge in [0, 0.05) is 17.6 Å². The van der Waals surface area contributed by atoms with Gasteiger partial charge in [-0.3, -0.25) is 13.9 Å². The SMILES string of the molecule is CC[C@H](C)NC(=O)[C@@H](C)N(Cc1ccccc1Cl)C(=O)CN(c1ccc(Cl)c(Cl)c1)S(=O)(=O)c1ccccc1. The van der Waals surface area contributed by atoms with Crippen LogP contribution in [0.2, 0.25) is 15.1 Å². The summed E-state index contributed by atoms with van der Waals surface area (Å²) in [6.07, 6.45) is 0.706. The molecule has 0 radical (unpaired) electrons. The van der Waals surface area contributed by atoms with Crippen LogP contribution in [0.1, 0.15) is 32.8 Å². The first-order chi connectivity index (χ1) is 18.4. The number of anilines is 1. The van der Waals surface area contributed by atoms with E-state index in [1.165, 1.54) is 35.2 Å². The fourth-order valence-corrected chi connectivity index (χ4v) is 5.66. The van der Waals surface area contributed by atoms with Crippen LogP contribution in [0.25, 0.3) is 0 Å². The van der Waals surface area contributed by atoms with E-state index >= 15 is 0 Å². The Balaban J connectivity index is 2.05. The normalized spacial score (nSPS) is 12.9. The fourth-order valence-electron chi connectivity index (χ4n) is 3.75. The second kappa shape index (κ2) is 13.5. The predicted molar refractivity (Wildman–Crippen MR) is 157 cm³/mol. The lowest BCUT2D eigenvalue weighted by Crippen LogP contribution is -2.52. The number of halogens is 3. The summed E-state index contributed by atoms with van der Waals surface area (Å²) in [6, 6.07) is 18.0. The first kappa shape index (κ1) is 30.8. The zero-order valence-corrected chi connectivity index (χ0v) is 24.9. The Bertz CT molecular complexity index is 1420. The van der Waals surface area contributed by atoms with Gasteiger partial charge >= 0.3 is 0 Å². The van der Waals surface area contributed by atoms with E-state index in [2.05, 4.69) is 5.32 Å². The number of nitrogens with one attached hydrogen (secondary N) is 1. The molecule has 3 aromatic rings. The van der Waals surface area contributed by atoms with Gasteiger partial charge in [-0.2, -0.15) is 0 Å². The van der Waals surface area contributed by atoms with E-state index in [9.17, 15) is 18.0 Å². The molecule has 0 saturated heterocycles. The molecule has 0 aliphatic heterocycles. The lowest BCUT2D eigenvalue weighted by Gasteiger charge is -2.32. The molecule has 0 aromatic heterocycles. The van der Waals surface area contributed by atoms with Gasteiger partial charge in [-0.05, 0) is 62.2 Å². The molecule has 3 rings (SSSR count). The molecule has 3 aromatic carbocycles. The van der Waals surface area contributed by atoms with Gasteiger partial charge in [0.05, 0.1) is 20.6 Å². The number of rotatable bonds is 11. The van der Waals surface area contributed by atoms with Crippen LogP contribution in [-0.4, -0.2) is 43.8 Å². The average molecular weight is 611 g/mol. The maximum Gasteiger partial charge on any atom is 0.264 e. The Kier molecular flexibility index (Phi) is 10.7. The van der Waals surface area contributed by atoms with Crippen molar-refractivity contribution in [3.8, 4) is 0 Å². The molecule has 7 nitrogen and oxygen atoms in total. The molecule has 1 N–H and O–H groups in total. The molecular formula is C28H30Cl3N3O4S. The van der Waals surface area contributed by atoms with Crippen LogP contribution in [0, 0.1) is 0 Å². The molecule has 0 fully saturated rings. The van der Waals surface area contributed by atoms with E-state index in [4.69, 9.17) is 34.8 Å². The van der Waals surface area contributed by atoms with Gasteiger partial charge in [-0.25, -0.2) is 8.42 Å². The molecule has 39 heavy (non-hydrogen) atoms. The fraction of sp³-hybridized carbons (Fsp3) is 0.286. The van der Waals surface area contributed by atoms with Crippen LogP contribution in [0.5, 0.6) is 0 Å². The number of hydrogen-bond donors (Lipinski definition) is 1. The third-order valence-electron chi connectivity index (χ3n) is 6.27. The van der Waals surface area contributed by atoms with Crippen molar-refractivity contribution >= 4 is 62.3 Å². The molecule has 0 unspecified atom stereocenters. The number of carbonyl (C=O) groups is 2. The predicted octanol–water partition coefficient (Wildman–Crippen LogP) is 6.17. The molecule has 2 atom stereocenters. The summed E-state index contributed by atoms with van der Waals surface area (Å²) in [4.78, 5) is 28.3. The Morgan fingerprint density at radius 1 is 0.872 bits per heavy atom. The maximum atomic E-state index is 13.9. The molecule has 208 valence electrons. The van der Waals surface area contributed by atoms with Gasteiger partial charge in [-0.1, -0.05) is 78.1 Å². The van der Waals surface area contributed by atoms with Crippen LogP contribution in [0.15, 0.2) is 77.7 Å². The molecular weight excluding hydrogens is 581 g/mol. The summed E-state index contributed by atoms with van der Waals surface area (Å²) in [7, 11) is -4.20. The van der Waals surface area contributed by atoms with E-state index in [1.54, 1.807) is 49.4 Å². The highest BCUT2D eigenvalue weighted by atomic mass is 35.5. The molecule has 0 heterocycles. The number of hydrogen-bond acceptors (Lipinski definition) is 4. The highest BCUT2D eigenvalue weighted by Crippen LogP contribution is 2.31. The molecule has 0 aliphatic rings. The van der Waals surface area contributed by atoms with Crippen LogP contribution >= 0.6 is 34.8 Å². The minimum Gasteiger partial charge on any atom is -0.352 e. The smallest absolute Gasteiger partial charge is 0.264 e. The van der Waals surface area contributed by atoms with E-state index in [-0.39, 0.29) is 39.1 Å². The second-order valence-electron chi connectivity index (χ2n) is 9.03. The van der Waals surface area contributed by atoms with Crippen molar-refractivity contribution < 1.29 is 18.0 Å². The van der Waals surface area contributed by atoms with Crippen molar-refractivity contribution in [2.24, 2.45) is 0 Å². The van der Waals surface area contributed by atoms with Crippen LogP contribution in [0.3, 0.4) is 0 Å². The first-order valence-corrected chi connectivity index (χ1v) is 14.9. The monoisotopic (exact) mass is 609 g/mol. The van der Waals surface area contributed by atoms with E-state index in [0.29, 0.717) is 17.0 Å². The minimum atomic E-state index is -4.20. The average Bonchev–Trinajstić information content (AvgIpc) is 2.92. The van der Waals surface area contributed by atoms with Gasteiger partial charge < -0.3 is 10.2 Å². The first-order valence-electron chi connectivity index (χ1n) is 12.3. The number of benzene rings is 3. The molecule has 0 spiro atoms. The summed E-state index contributed by atoms with van der Waals surface area (Å²) < 4.78 is 28.5. The van der Waals surface area contributed by atoms with Crippen molar-refractivity contribution in [1.29, 1.82) is 0 Å². The quantitative estimate of drug-likeness (QED) is 0.281. The van der Waals surface area contributed by atoms with Gasteiger partial charge in [-0.15, -0.1) is 0 Å². The lowest BCUT2D eigenvalue weighted by atomic mass is 10.1. The maximum absolute atomic E-state index is 13.9. The van der Waals surface area contributed by atoms with Crippen LogP contribution < -0.4 is 9.62 Å². The Morgan fingerprint density at radius 3 is 2.13 bits per heavy atom. The van der Waals surface area contributed by atoms with E-state index in [1.807, 2.05) is 13.8 Å². The topological polar surface area (TPSA) is 86.8 Å². The van der Waals surface area contributed by atoms with Crippen LogP contribution in [0.4, 0.5) is 5.69 Å². The second-order valence-corrected chi connectivity index (χ2v) is 12.1. The zero-order chi connectivity index (χ0) is 28.7. The highest BCUT2D eigenvalue weighted by molar-refractivity contribution is 7.92. The van der Waals surface area contributed by atoms with E-state index < -0.39 is 28.5 Å². The highest BCUT2D eigenvalue weighted by Gasteiger charge is 2.33. The third-order valence-corrected chi connectivity index (χ3v) is 9.16. The summed E-state index contributed by atoms with van der Waals surface area (Å²) in [5.41, 5.74) is 0.763. The van der Waals surface area contributed by atoms with Gasteiger partial charge in [0.25, 0.3) is 10.0 Å². The summed E-state index contributed by atoms with van der Waals surface area (Å²) in [5, 5.41) is 3.67. The number of nitrogens with zero attached hydrogens (tertiary/aromatic N) is 2. The van der Waals surface area contributed by atoms with Crippen molar-refractivity contribution in [2.75, 3.05) is 10.8 Å². The third kappa shape index (κ3) is 7.66. The zero-order valence-electron chi connectivity index (χ0n) is 21.8. The molecule has 2 amide bonds. The van der Waals surface area contributed by atoms with Crippen molar-refractivity contribution in [3.63, 3.8) is 0 Å². The Hall–Kier alpha value is -2.78. The minimum absolute atomic E-state index is 0.00576. The number of carbonyl (C=O) groups excluding carboxylic acids is 2. The molecule has 0 aliphatic carbocycles. The summed E-state index contributed by atoms with van der Waals surface area (Å²) >= 11 is 18.7. The summed E-state index contributed by atoms with van der Waals surface area (Å²) in [6.45, 7) is 4.80. The van der Waals surface area contributed by atoms with E-state index in [0.717, 1.165) is 4.31 Å². The number of amides is 2. The lowest BCUT2D eigenvalue weighted by molar-refractivity contribution is -0.139. The number of sulfonamides is 1. The van der Waals surface area contributed by atoms with Crippen LogP contribution in [-0.2, 0) is 26.2 Å². The van der Waals surface area contributed by atoms with Crippen molar-refractivity contribution in [3.05, 3.63) is 93.4 Å². The Morgan fingerprint density at radius 2 is 1.51 bits per heavy atom. The van der Waals surface area contributed by atoms with Gasteiger partial charge in [0.1, 0.15) is 12.6 Å². The summed E-state index contributed by atoms with van der Waals surface area (Å²) in [5.74, 6) is -0.968. The standard InChI is InChI=1S/C28H30Cl3N3O4S/c1-4-19(2)32-28(36)20(3)33(17-21-10-8-9-13-24(21)29)27(35)18-34(22-14-15-25(30)26(31)16-22)39(37,38)23-11-6-5-7-12-23/h5-16,19-20H,4,17-18H2,1-3H3,(H,32,36)/t19-,20+/m0/s1.